The van der Waals surface area contributed by atoms with Crippen LogP contribution in [0.15, 0.2) is 83.9 Å². The van der Waals surface area contributed by atoms with E-state index in [1.54, 1.807) is 31.1 Å². The second-order valence-electron chi connectivity index (χ2n) is 6.10. The van der Waals surface area contributed by atoms with Crippen molar-refractivity contribution < 1.29 is 9.59 Å². The third-order valence-electron chi connectivity index (χ3n) is 4.24. The zero-order valence-corrected chi connectivity index (χ0v) is 16.5. The highest BCUT2D eigenvalue weighted by molar-refractivity contribution is 8.00. The van der Waals surface area contributed by atoms with Crippen LogP contribution in [0.4, 0.5) is 5.69 Å². The number of nitrogens with one attached hydrogen (secondary N) is 1. The smallest absolute Gasteiger partial charge is 0.269 e. The van der Waals surface area contributed by atoms with Crippen molar-refractivity contribution in [1.29, 1.82) is 0 Å². The maximum absolute atomic E-state index is 13.4. The molecule has 2 aromatic carbocycles. The Labute approximate surface area is 168 Å². The van der Waals surface area contributed by atoms with Crippen LogP contribution in [0, 0.1) is 0 Å². The molecule has 142 valence electrons. The lowest BCUT2D eigenvalue weighted by Gasteiger charge is -2.24. The molecule has 0 aliphatic heterocycles. The van der Waals surface area contributed by atoms with Gasteiger partial charge in [0.15, 0.2) is 0 Å². The molecule has 0 fully saturated rings. The standard InChI is InChI=1S/C22H21N3O2S/c1-23-21(26)19-15-17(13-14-24-19)25(2)22(27)20(16-9-5-3-6-10-16)28-18-11-7-4-8-12-18/h3-15,20H,1-2H3,(H,23,26)/t20-/m1/s1. The number of amides is 2. The second-order valence-corrected chi connectivity index (χ2v) is 7.28. The van der Waals surface area contributed by atoms with Crippen LogP contribution in [0.1, 0.15) is 21.3 Å². The molecule has 0 radical (unpaired) electrons. The van der Waals surface area contributed by atoms with Crippen molar-refractivity contribution in [1.82, 2.24) is 10.3 Å². The number of aromatic nitrogens is 1. The maximum Gasteiger partial charge on any atom is 0.269 e. The Balaban J connectivity index is 1.91. The summed E-state index contributed by atoms with van der Waals surface area (Å²) in [5.74, 6) is -0.366. The quantitative estimate of drug-likeness (QED) is 0.647. The van der Waals surface area contributed by atoms with E-state index in [1.807, 2.05) is 60.7 Å². The highest BCUT2D eigenvalue weighted by Crippen LogP contribution is 2.37. The number of nitrogens with zero attached hydrogens (tertiary/aromatic N) is 2. The third-order valence-corrected chi connectivity index (χ3v) is 5.50. The first-order chi connectivity index (χ1) is 13.6. The number of benzene rings is 2. The molecule has 0 saturated heterocycles. The largest absolute Gasteiger partial charge is 0.354 e. The van der Waals surface area contributed by atoms with Gasteiger partial charge in [-0.25, -0.2) is 0 Å². The molecule has 0 spiro atoms. The van der Waals surface area contributed by atoms with Gasteiger partial charge in [0.2, 0.25) is 5.91 Å². The fourth-order valence-electron chi connectivity index (χ4n) is 2.71. The zero-order valence-electron chi connectivity index (χ0n) is 15.7. The summed E-state index contributed by atoms with van der Waals surface area (Å²) in [6.45, 7) is 0. The minimum atomic E-state index is -0.412. The van der Waals surface area contributed by atoms with E-state index in [0.717, 1.165) is 10.5 Å². The molecule has 1 heterocycles. The number of hydrogen-bond acceptors (Lipinski definition) is 4. The first-order valence-corrected chi connectivity index (χ1v) is 9.70. The molecule has 3 aromatic rings. The number of pyridine rings is 1. The summed E-state index contributed by atoms with van der Waals surface area (Å²) in [6.07, 6.45) is 1.53. The van der Waals surface area contributed by atoms with E-state index in [9.17, 15) is 9.59 Å². The van der Waals surface area contributed by atoms with E-state index in [2.05, 4.69) is 10.3 Å². The molecule has 0 aliphatic rings. The lowest BCUT2D eigenvalue weighted by molar-refractivity contribution is -0.117. The van der Waals surface area contributed by atoms with Crippen molar-refractivity contribution in [2.24, 2.45) is 0 Å². The van der Waals surface area contributed by atoms with Gasteiger partial charge < -0.3 is 10.2 Å². The summed E-state index contributed by atoms with van der Waals surface area (Å²) in [7, 11) is 3.26. The Morgan fingerprint density at radius 1 is 1.00 bits per heavy atom. The van der Waals surface area contributed by atoms with Crippen LogP contribution in [0.5, 0.6) is 0 Å². The molecular formula is C22H21N3O2S. The molecule has 0 bridgehead atoms. The van der Waals surface area contributed by atoms with Crippen molar-refractivity contribution in [3.63, 3.8) is 0 Å². The van der Waals surface area contributed by atoms with Crippen molar-refractivity contribution in [2.75, 3.05) is 19.0 Å². The van der Waals surface area contributed by atoms with E-state index in [1.165, 1.54) is 18.0 Å². The lowest BCUT2D eigenvalue weighted by Crippen LogP contribution is -2.31. The molecule has 28 heavy (non-hydrogen) atoms. The summed E-state index contributed by atoms with van der Waals surface area (Å²) >= 11 is 1.50. The number of likely N-dealkylation sites (N-methyl/N-ethyl adjacent to an activating group) is 1. The minimum absolute atomic E-state index is 0.0749. The van der Waals surface area contributed by atoms with Crippen LogP contribution < -0.4 is 10.2 Å². The van der Waals surface area contributed by atoms with Crippen LogP contribution in [0.25, 0.3) is 0 Å². The van der Waals surface area contributed by atoms with Gasteiger partial charge in [-0.2, -0.15) is 0 Å². The number of thioether (sulfide) groups is 1. The minimum Gasteiger partial charge on any atom is -0.354 e. The van der Waals surface area contributed by atoms with Crippen molar-refractivity contribution in [2.45, 2.75) is 10.1 Å². The number of anilines is 1. The summed E-state index contributed by atoms with van der Waals surface area (Å²) < 4.78 is 0. The van der Waals surface area contributed by atoms with Gasteiger partial charge in [0.1, 0.15) is 10.9 Å². The molecule has 0 aliphatic carbocycles. The van der Waals surface area contributed by atoms with Crippen LogP contribution in [0.3, 0.4) is 0 Å². The van der Waals surface area contributed by atoms with E-state index in [0.29, 0.717) is 5.69 Å². The lowest BCUT2D eigenvalue weighted by atomic mass is 10.1. The van der Waals surface area contributed by atoms with Crippen LogP contribution in [0.2, 0.25) is 0 Å². The monoisotopic (exact) mass is 391 g/mol. The van der Waals surface area contributed by atoms with Crippen LogP contribution >= 0.6 is 11.8 Å². The van der Waals surface area contributed by atoms with Gasteiger partial charge in [0, 0.05) is 30.9 Å². The van der Waals surface area contributed by atoms with E-state index in [-0.39, 0.29) is 17.5 Å². The average molecular weight is 391 g/mol. The molecule has 1 atom stereocenters. The van der Waals surface area contributed by atoms with Crippen molar-refractivity contribution in [3.05, 3.63) is 90.3 Å². The van der Waals surface area contributed by atoms with Crippen LogP contribution in [-0.4, -0.2) is 30.9 Å². The Morgan fingerprint density at radius 3 is 2.29 bits per heavy atom. The second kappa shape index (κ2) is 9.19. The first-order valence-electron chi connectivity index (χ1n) is 8.82. The fourth-order valence-corrected chi connectivity index (χ4v) is 3.85. The number of carbonyl (C=O) groups is 2. The molecule has 3 rings (SSSR count). The van der Waals surface area contributed by atoms with E-state index >= 15 is 0 Å². The molecule has 1 aromatic heterocycles. The number of rotatable bonds is 6. The zero-order chi connectivity index (χ0) is 19.9. The van der Waals surface area contributed by atoms with Gasteiger partial charge in [-0.1, -0.05) is 48.5 Å². The average Bonchev–Trinajstić information content (AvgIpc) is 2.77. The molecule has 0 saturated carbocycles. The number of carbonyl (C=O) groups excluding carboxylic acids is 2. The summed E-state index contributed by atoms with van der Waals surface area (Å²) in [5.41, 5.74) is 1.81. The van der Waals surface area contributed by atoms with Crippen molar-refractivity contribution >= 4 is 29.3 Å². The molecule has 6 heteroatoms. The third kappa shape index (κ3) is 4.58. The summed E-state index contributed by atoms with van der Waals surface area (Å²) in [5, 5.41) is 2.14. The summed E-state index contributed by atoms with van der Waals surface area (Å²) in [4.78, 5) is 31.9. The predicted molar refractivity (Wildman–Crippen MR) is 113 cm³/mol. The maximum atomic E-state index is 13.4. The van der Waals surface area contributed by atoms with Gasteiger partial charge in [-0.05, 0) is 29.8 Å². The van der Waals surface area contributed by atoms with Gasteiger partial charge in [-0.15, -0.1) is 11.8 Å². The number of hydrogen-bond donors (Lipinski definition) is 1. The Hall–Kier alpha value is -3.12. The topological polar surface area (TPSA) is 62.3 Å². The van der Waals surface area contributed by atoms with Crippen LogP contribution in [-0.2, 0) is 4.79 Å². The SMILES string of the molecule is CNC(=O)c1cc(N(C)C(=O)[C@H](Sc2ccccc2)c2ccccc2)ccn1. The van der Waals surface area contributed by atoms with Gasteiger partial charge in [0.05, 0.1) is 0 Å². The predicted octanol–water partition coefficient (Wildman–Crippen LogP) is 3.94. The highest BCUT2D eigenvalue weighted by atomic mass is 32.2. The summed E-state index contributed by atoms with van der Waals surface area (Å²) in [6, 6.07) is 22.9. The van der Waals surface area contributed by atoms with Gasteiger partial charge in [-0.3, -0.25) is 14.6 Å². The first kappa shape index (κ1) is 19.6. The molecule has 2 amide bonds. The molecule has 1 N–H and O–H groups in total. The van der Waals surface area contributed by atoms with E-state index < -0.39 is 5.25 Å². The molecule has 0 unspecified atom stereocenters. The molecular weight excluding hydrogens is 370 g/mol. The van der Waals surface area contributed by atoms with Crippen molar-refractivity contribution in [3.8, 4) is 0 Å². The Bertz CT molecular complexity index is 948. The highest BCUT2D eigenvalue weighted by Gasteiger charge is 2.26. The Morgan fingerprint density at radius 2 is 1.64 bits per heavy atom. The van der Waals surface area contributed by atoms with E-state index in [4.69, 9.17) is 0 Å². The van der Waals surface area contributed by atoms with Gasteiger partial charge >= 0.3 is 0 Å². The van der Waals surface area contributed by atoms with Gasteiger partial charge in [0.25, 0.3) is 5.91 Å². The Kier molecular flexibility index (Phi) is 6.45. The normalized spacial score (nSPS) is 11.5. The molecule has 5 nitrogen and oxygen atoms in total. The fraction of sp³-hybridized carbons (Fsp3) is 0.136.